The van der Waals surface area contributed by atoms with Gasteiger partial charge in [-0.25, -0.2) is 0 Å². The molecule has 2 atom stereocenters. The fourth-order valence-corrected chi connectivity index (χ4v) is 4.07. The maximum absolute atomic E-state index is 13.2. The molecule has 0 radical (unpaired) electrons. The van der Waals surface area contributed by atoms with Crippen molar-refractivity contribution in [3.63, 3.8) is 0 Å². The number of rotatable bonds is 7. The highest BCUT2D eigenvalue weighted by Crippen LogP contribution is 2.29. The second-order valence-corrected chi connectivity index (χ2v) is 8.49. The standard InChI is InChI=1S/C23H26ClN7O2/c1-4-17(23(33)30(3)20-11-16-18(10-14(20)2)26-28-21(16)24)25-22(32)19-13-31(29-27-19)12-15-8-6-5-7-9-15/h5-11,17,19H,4,12-13H2,1-3H3,(H,25,32)(H,26,28)/t17-,19?/m0/s1. The Bertz CT molecular complexity index is 1190. The van der Waals surface area contributed by atoms with E-state index in [4.69, 9.17) is 11.6 Å². The van der Waals surface area contributed by atoms with Crippen LogP contribution in [0.1, 0.15) is 24.5 Å². The van der Waals surface area contributed by atoms with E-state index in [1.54, 1.807) is 17.0 Å². The molecule has 172 valence electrons. The summed E-state index contributed by atoms with van der Waals surface area (Å²) < 4.78 is 0. The Morgan fingerprint density at radius 3 is 2.79 bits per heavy atom. The number of aryl methyl sites for hydroxylation is 1. The number of carbonyl (C=O) groups excluding carboxylic acids is 2. The average molecular weight is 468 g/mol. The molecule has 2 heterocycles. The number of fused-ring (bicyclic) bond motifs is 1. The molecule has 0 fully saturated rings. The predicted molar refractivity (Wildman–Crippen MR) is 127 cm³/mol. The molecule has 0 spiro atoms. The summed E-state index contributed by atoms with van der Waals surface area (Å²) in [6, 6.07) is 12.2. The van der Waals surface area contributed by atoms with Crippen LogP contribution in [0.5, 0.6) is 0 Å². The molecule has 1 aromatic heterocycles. The number of nitrogens with one attached hydrogen (secondary N) is 2. The lowest BCUT2D eigenvalue weighted by Gasteiger charge is -2.26. The van der Waals surface area contributed by atoms with Gasteiger partial charge in [-0.15, -0.1) is 0 Å². The molecular formula is C23H26ClN7O2. The normalized spacial score (nSPS) is 16.2. The minimum Gasteiger partial charge on any atom is -0.342 e. The third kappa shape index (κ3) is 4.83. The summed E-state index contributed by atoms with van der Waals surface area (Å²) in [5.74, 6) is -0.531. The van der Waals surface area contributed by atoms with Gasteiger partial charge in [-0.2, -0.15) is 10.2 Å². The van der Waals surface area contributed by atoms with Crippen LogP contribution >= 0.6 is 11.6 Å². The van der Waals surface area contributed by atoms with E-state index in [2.05, 4.69) is 25.9 Å². The highest BCUT2D eigenvalue weighted by molar-refractivity contribution is 6.34. The van der Waals surface area contributed by atoms with Crippen molar-refractivity contribution in [2.45, 2.75) is 38.9 Å². The number of anilines is 1. The Morgan fingerprint density at radius 2 is 2.06 bits per heavy atom. The molecular weight excluding hydrogens is 442 g/mol. The fraction of sp³-hybridized carbons (Fsp3) is 0.348. The van der Waals surface area contributed by atoms with Crippen molar-refractivity contribution < 1.29 is 9.59 Å². The zero-order valence-corrected chi connectivity index (χ0v) is 19.5. The van der Waals surface area contributed by atoms with Gasteiger partial charge in [0.15, 0.2) is 6.04 Å². The first-order valence-corrected chi connectivity index (χ1v) is 11.2. The van der Waals surface area contributed by atoms with E-state index < -0.39 is 12.1 Å². The molecule has 0 saturated heterocycles. The van der Waals surface area contributed by atoms with Gasteiger partial charge in [0, 0.05) is 18.1 Å². The van der Waals surface area contributed by atoms with Gasteiger partial charge in [-0.3, -0.25) is 19.7 Å². The van der Waals surface area contributed by atoms with Gasteiger partial charge in [0.25, 0.3) is 0 Å². The molecule has 0 saturated carbocycles. The number of hydrogen-bond donors (Lipinski definition) is 2. The summed E-state index contributed by atoms with van der Waals surface area (Å²) in [7, 11) is 1.69. The van der Waals surface area contributed by atoms with Crippen LogP contribution in [0.3, 0.4) is 0 Å². The molecule has 1 unspecified atom stereocenters. The minimum absolute atomic E-state index is 0.219. The molecule has 0 bridgehead atoms. The lowest BCUT2D eigenvalue weighted by atomic mass is 10.1. The SMILES string of the molecule is CC[C@H](NC(=O)C1CN(Cc2ccccc2)N=N1)C(=O)N(C)c1cc2c(Cl)[nH]nc2cc1C. The zero-order valence-electron chi connectivity index (χ0n) is 18.7. The summed E-state index contributed by atoms with van der Waals surface area (Å²) >= 11 is 6.17. The zero-order chi connectivity index (χ0) is 23.5. The lowest BCUT2D eigenvalue weighted by Crippen LogP contribution is -2.50. The van der Waals surface area contributed by atoms with Gasteiger partial charge in [0.05, 0.1) is 18.6 Å². The number of amides is 2. The number of nitrogens with zero attached hydrogens (tertiary/aromatic N) is 5. The number of halogens is 1. The van der Waals surface area contributed by atoms with Crippen molar-refractivity contribution in [3.05, 3.63) is 58.7 Å². The molecule has 4 rings (SSSR count). The van der Waals surface area contributed by atoms with Gasteiger partial charge < -0.3 is 10.2 Å². The van der Waals surface area contributed by atoms with Gasteiger partial charge in [-0.1, -0.05) is 54.1 Å². The first kappa shape index (κ1) is 22.7. The highest BCUT2D eigenvalue weighted by Gasteiger charge is 2.31. The maximum Gasteiger partial charge on any atom is 0.249 e. The summed E-state index contributed by atoms with van der Waals surface area (Å²) in [6.45, 7) is 4.71. The largest absolute Gasteiger partial charge is 0.342 e. The molecule has 2 amide bonds. The number of likely N-dealkylation sites (N-methyl/N-ethyl adjacent to an activating group) is 1. The molecule has 2 aromatic carbocycles. The number of aromatic amines is 1. The summed E-state index contributed by atoms with van der Waals surface area (Å²) in [5, 5.41) is 20.9. The number of hydrogen-bond acceptors (Lipinski definition) is 6. The van der Waals surface area contributed by atoms with Gasteiger partial charge in [0.1, 0.15) is 11.2 Å². The van der Waals surface area contributed by atoms with E-state index in [0.717, 1.165) is 22.0 Å². The fourth-order valence-electron chi connectivity index (χ4n) is 3.87. The van der Waals surface area contributed by atoms with Crippen molar-refractivity contribution >= 4 is 40.0 Å². The van der Waals surface area contributed by atoms with E-state index in [-0.39, 0.29) is 11.8 Å². The molecule has 9 nitrogen and oxygen atoms in total. The van der Waals surface area contributed by atoms with Gasteiger partial charge in [0.2, 0.25) is 11.8 Å². The number of benzene rings is 2. The summed E-state index contributed by atoms with van der Waals surface area (Å²) in [4.78, 5) is 27.6. The smallest absolute Gasteiger partial charge is 0.249 e. The quantitative estimate of drug-likeness (QED) is 0.553. The van der Waals surface area contributed by atoms with Crippen LogP contribution in [-0.2, 0) is 16.1 Å². The second kappa shape index (κ2) is 9.58. The monoisotopic (exact) mass is 467 g/mol. The van der Waals surface area contributed by atoms with Gasteiger partial charge in [-0.05, 0) is 36.6 Å². The Hall–Kier alpha value is -3.46. The van der Waals surface area contributed by atoms with E-state index in [1.165, 1.54) is 0 Å². The summed E-state index contributed by atoms with van der Waals surface area (Å²) in [5.41, 5.74) is 3.40. The maximum atomic E-state index is 13.2. The van der Waals surface area contributed by atoms with Crippen LogP contribution in [0.4, 0.5) is 5.69 Å². The van der Waals surface area contributed by atoms with Crippen LogP contribution in [-0.4, -0.2) is 52.7 Å². The van der Waals surface area contributed by atoms with Gasteiger partial charge >= 0.3 is 0 Å². The molecule has 1 aliphatic heterocycles. The van der Waals surface area contributed by atoms with Crippen LogP contribution in [0, 0.1) is 6.92 Å². The Balaban J connectivity index is 1.40. The predicted octanol–water partition coefficient (Wildman–Crippen LogP) is 3.63. The highest BCUT2D eigenvalue weighted by atomic mass is 35.5. The second-order valence-electron chi connectivity index (χ2n) is 8.11. The minimum atomic E-state index is -0.684. The van der Waals surface area contributed by atoms with E-state index >= 15 is 0 Å². The molecule has 3 aromatic rings. The average Bonchev–Trinajstić information content (AvgIpc) is 3.43. The summed E-state index contributed by atoms with van der Waals surface area (Å²) in [6.07, 6.45) is 0.445. The van der Waals surface area contributed by atoms with E-state index in [9.17, 15) is 9.59 Å². The molecule has 33 heavy (non-hydrogen) atoms. The first-order valence-electron chi connectivity index (χ1n) is 10.8. The van der Waals surface area contributed by atoms with Crippen LogP contribution in [0.15, 0.2) is 52.8 Å². The van der Waals surface area contributed by atoms with Crippen molar-refractivity contribution in [1.82, 2.24) is 20.5 Å². The van der Waals surface area contributed by atoms with E-state index in [1.807, 2.05) is 56.3 Å². The van der Waals surface area contributed by atoms with Crippen LogP contribution in [0.2, 0.25) is 5.15 Å². The molecule has 2 N–H and O–H groups in total. The third-order valence-corrected chi connectivity index (χ3v) is 6.04. The first-order chi connectivity index (χ1) is 15.9. The molecule has 10 heteroatoms. The lowest BCUT2D eigenvalue weighted by molar-refractivity contribution is -0.128. The van der Waals surface area contributed by atoms with Crippen molar-refractivity contribution in [1.29, 1.82) is 0 Å². The third-order valence-electron chi connectivity index (χ3n) is 5.75. The number of carbonyl (C=O) groups is 2. The Morgan fingerprint density at radius 1 is 1.30 bits per heavy atom. The van der Waals surface area contributed by atoms with Crippen LogP contribution < -0.4 is 10.2 Å². The van der Waals surface area contributed by atoms with Crippen LogP contribution in [0.25, 0.3) is 10.9 Å². The Labute approximate surface area is 196 Å². The molecule has 1 aliphatic rings. The van der Waals surface area contributed by atoms with E-state index in [0.29, 0.717) is 30.4 Å². The van der Waals surface area contributed by atoms with Crippen molar-refractivity contribution in [2.75, 3.05) is 18.5 Å². The number of aromatic nitrogens is 2. The number of H-pyrrole nitrogens is 1. The Kier molecular flexibility index (Phi) is 6.60. The van der Waals surface area contributed by atoms with Crippen molar-refractivity contribution in [3.8, 4) is 0 Å². The van der Waals surface area contributed by atoms with Crippen molar-refractivity contribution in [2.24, 2.45) is 10.3 Å². The molecule has 0 aliphatic carbocycles. The topological polar surface area (TPSA) is 106 Å².